The number of hydrogen-bond acceptors (Lipinski definition) is 6. The Kier molecular flexibility index (Phi) is 10.4. The third-order valence-corrected chi connectivity index (χ3v) is 6.56. The fraction of sp³-hybridized carbons (Fsp3) is 0.391. The number of aryl methyl sites for hydroxylation is 1. The summed E-state index contributed by atoms with van der Waals surface area (Å²) < 4.78 is 64.9. The van der Waals surface area contributed by atoms with E-state index in [9.17, 15) is 36.0 Å². The van der Waals surface area contributed by atoms with Gasteiger partial charge in [-0.2, -0.15) is 13.2 Å². The van der Waals surface area contributed by atoms with Crippen LogP contribution in [0.15, 0.2) is 46.3 Å². The smallest absolute Gasteiger partial charge is 0.370 e. The van der Waals surface area contributed by atoms with Gasteiger partial charge in [0.05, 0.1) is 11.7 Å². The predicted molar refractivity (Wildman–Crippen MR) is 137 cm³/mol. The Morgan fingerprint density at radius 2 is 1.87 bits per heavy atom. The largest absolute Gasteiger partial charge is 0.404 e. The van der Waals surface area contributed by atoms with Gasteiger partial charge in [-0.05, 0) is 31.2 Å². The number of sulfonamides is 1. The number of hydrogen-bond donors (Lipinski definition) is 4. The highest BCUT2D eigenvalue weighted by Gasteiger charge is 2.36. The van der Waals surface area contributed by atoms with E-state index in [4.69, 9.17) is 11.5 Å². The summed E-state index contributed by atoms with van der Waals surface area (Å²) in [5, 5.41) is 0. The number of aromatic amines is 1. The second-order valence-electron chi connectivity index (χ2n) is 8.36. The molecule has 0 spiro atoms. The molecule has 0 aliphatic heterocycles. The highest BCUT2D eigenvalue weighted by Crippen LogP contribution is 2.30. The number of nitrogens with zero attached hydrogens (tertiary/aromatic N) is 2. The van der Waals surface area contributed by atoms with Crippen molar-refractivity contribution in [2.45, 2.75) is 44.8 Å². The number of carbonyl (C=O) groups excluding carboxylic acids is 2. The van der Waals surface area contributed by atoms with Crippen LogP contribution in [0.4, 0.5) is 24.5 Å². The lowest BCUT2D eigenvalue weighted by Gasteiger charge is -2.30. The summed E-state index contributed by atoms with van der Waals surface area (Å²) in [6, 6.07) is 7.74. The first kappa shape index (κ1) is 30.3. The number of amides is 1. The molecule has 1 aromatic carbocycles. The van der Waals surface area contributed by atoms with Gasteiger partial charge >= 0.3 is 6.18 Å². The minimum atomic E-state index is -5.07. The lowest BCUT2D eigenvalue weighted by atomic mass is 10.0. The van der Waals surface area contributed by atoms with Crippen molar-refractivity contribution in [3.05, 3.63) is 58.0 Å². The average molecular weight is 559 g/mol. The first-order chi connectivity index (χ1) is 17.7. The molecule has 0 fully saturated rings. The SMILES string of the molecule is CC(=O)N(c1c[nH]c(=O)c(NS(=O)(=O)CC(F)(F)F)c1CCc1ccccc1)[C@H](C=O)CCCN=C(N)N. The molecule has 0 radical (unpaired) electrons. The van der Waals surface area contributed by atoms with E-state index >= 15 is 0 Å². The van der Waals surface area contributed by atoms with Gasteiger partial charge in [-0.3, -0.25) is 19.3 Å². The Morgan fingerprint density at radius 3 is 2.42 bits per heavy atom. The first-order valence-corrected chi connectivity index (χ1v) is 13.1. The molecule has 11 nitrogen and oxygen atoms in total. The van der Waals surface area contributed by atoms with Gasteiger partial charge in [0.25, 0.3) is 5.56 Å². The molecule has 2 aromatic rings. The Hall–Kier alpha value is -3.88. The maximum absolute atomic E-state index is 12.9. The molecule has 0 bridgehead atoms. The number of aliphatic imine (C=N–C) groups is 1. The van der Waals surface area contributed by atoms with Crippen molar-refractivity contribution >= 4 is 39.6 Å². The number of rotatable bonds is 13. The van der Waals surface area contributed by atoms with Crippen molar-refractivity contribution in [1.82, 2.24) is 4.98 Å². The molecule has 208 valence electrons. The molecule has 0 saturated heterocycles. The molecule has 1 heterocycles. The molecule has 2 rings (SSSR count). The third-order valence-electron chi connectivity index (χ3n) is 5.34. The number of aldehydes is 1. The van der Waals surface area contributed by atoms with E-state index in [1.165, 1.54) is 0 Å². The third kappa shape index (κ3) is 9.21. The van der Waals surface area contributed by atoms with E-state index in [2.05, 4.69) is 9.98 Å². The molecule has 0 saturated carbocycles. The van der Waals surface area contributed by atoms with Gasteiger partial charge in [-0.25, -0.2) is 8.42 Å². The van der Waals surface area contributed by atoms with Crippen LogP contribution < -0.4 is 26.6 Å². The standard InChI is InChI=1S/C23H29F3N6O5S/c1-15(34)32(17(13-33)8-5-11-29-22(27)28)19-12-30-21(35)20(31-38(36,37)14-23(24,25)26)18(19)10-9-16-6-3-2-4-7-16/h2-4,6-7,12-13,17,31H,5,8-11,14H2,1H3,(H,30,35)(H4,27,28,29)/t17-/m0/s1. The van der Waals surface area contributed by atoms with Crippen LogP contribution in [0.3, 0.4) is 0 Å². The first-order valence-electron chi connectivity index (χ1n) is 11.4. The second kappa shape index (κ2) is 13.1. The topological polar surface area (TPSA) is 181 Å². The number of carbonyl (C=O) groups is 2. The van der Waals surface area contributed by atoms with Crippen molar-refractivity contribution in [2.24, 2.45) is 16.5 Å². The van der Waals surface area contributed by atoms with Gasteiger partial charge in [0, 0.05) is 25.2 Å². The molecule has 1 atom stereocenters. The van der Waals surface area contributed by atoms with Gasteiger partial charge < -0.3 is 26.1 Å². The fourth-order valence-corrected chi connectivity index (χ4v) is 4.83. The Labute approximate surface area is 217 Å². The van der Waals surface area contributed by atoms with Crippen LogP contribution in [0.5, 0.6) is 0 Å². The summed E-state index contributed by atoms with van der Waals surface area (Å²) in [4.78, 5) is 44.5. The van der Waals surface area contributed by atoms with E-state index in [1.54, 1.807) is 35.1 Å². The number of nitrogens with two attached hydrogens (primary N) is 2. The predicted octanol–water partition coefficient (Wildman–Crippen LogP) is 1.44. The summed E-state index contributed by atoms with van der Waals surface area (Å²) in [6.45, 7) is 1.32. The van der Waals surface area contributed by atoms with Crippen molar-refractivity contribution in [3.63, 3.8) is 0 Å². The summed E-state index contributed by atoms with van der Waals surface area (Å²) in [7, 11) is -5.04. The van der Waals surface area contributed by atoms with E-state index in [-0.39, 0.29) is 43.0 Å². The van der Waals surface area contributed by atoms with Crippen molar-refractivity contribution in [2.75, 3.05) is 21.9 Å². The number of H-pyrrole nitrogens is 1. The van der Waals surface area contributed by atoms with Gasteiger partial charge in [0.2, 0.25) is 15.9 Å². The molecule has 1 amide bonds. The highest BCUT2D eigenvalue weighted by atomic mass is 32.2. The molecular formula is C23H29F3N6O5S. The van der Waals surface area contributed by atoms with Crippen LogP contribution in [-0.4, -0.2) is 56.1 Å². The number of halogens is 3. The lowest BCUT2D eigenvalue weighted by molar-refractivity contribution is -0.119. The molecule has 0 aliphatic carbocycles. The van der Waals surface area contributed by atoms with E-state index in [0.717, 1.165) is 23.6 Å². The molecule has 15 heteroatoms. The molecule has 0 aliphatic rings. The van der Waals surface area contributed by atoms with Gasteiger partial charge in [-0.1, -0.05) is 30.3 Å². The molecule has 38 heavy (non-hydrogen) atoms. The number of benzene rings is 1. The van der Waals surface area contributed by atoms with Gasteiger partial charge in [0.1, 0.15) is 12.0 Å². The number of pyridine rings is 1. The monoisotopic (exact) mass is 558 g/mol. The number of aromatic nitrogens is 1. The van der Waals surface area contributed by atoms with Crippen molar-refractivity contribution in [3.8, 4) is 0 Å². The quantitative estimate of drug-likeness (QED) is 0.124. The zero-order chi connectivity index (χ0) is 28.5. The molecule has 0 unspecified atom stereocenters. The minimum Gasteiger partial charge on any atom is -0.370 e. The summed E-state index contributed by atoms with van der Waals surface area (Å²) >= 11 is 0. The van der Waals surface area contributed by atoms with Gasteiger partial charge in [-0.15, -0.1) is 0 Å². The Bertz CT molecular complexity index is 1310. The number of anilines is 2. The van der Waals surface area contributed by atoms with Crippen molar-refractivity contribution in [1.29, 1.82) is 0 Å². The van der Waals surface area contributed by atoms with Crippen LogP contribution in [0.2, 0.25) is 0 Å². The average Bonchev–Trinajstić information content (AvgIpc) is 2.80. The van der Waals surface area contributed by atoms with E-state index < -0.39 is 45.1 Å². The Morgan fingerprint density at radius 1 is 1.21 bits per heavy atom. The maximum Gasteiger partial charge on any atom is 0.404 e. The second-order valence-corrected chi connectivity index (χ2v) is 10.1. The number of nitrogens with one attached hydrogen (secondary N) is 2. The van der Waals surface area contributed by atoms with Crippen LogP contribution in [0, 0.1) is 0 Å². The normalized spacial score (nSPS) is 12.4. The molecule has 1 aromatic heterocycles. The summed E-state index contributed by atoms with van der Waals surface area (Å²) in [6.07, 6.45) is -2.85. The number of guanidine groups is 1. The van der Waals surface area contributed by atoms with Crippen molar-refractivity contribution < 1.29 is 31.2 Å². The van der Waals surface area contributed by atoms with Crippen LogP contribution in [0.1, 0.15) is 30.9 Å². The molecule has 6 N–H and O–H groups in total. The summed E-state index contributed by atoms with van der Waals surface area (Å²) in [5.41, 5.74) is 9.61. The van der Waals surface area contributed by atoms with Gasteiger partial charge in [0.15, 0.2) is 11.7 Å². The van der Waals surface area contributed by atoms with Crippen LogP contribution in [0.25, 0.3) is 0 Å². The zero-order valence-corrected chi connectivity index (χ0v) is 21.3. The number of alkyl halides is 3. The zero-order valence-electron chi connectivity index (χ0n) is 20.5. The molecular weight excluding hydrogens is 529 g/mol. The minimum absolute atomic E-state index is 0.0309. The Balaban J connectivity index is 2.60. The highest BCUT2D eigenvalue weighted by molar-refractivity contribution is 7.92. The van der Waals surface area contributed by atoms with E-state index in [1.807, 2.05) is 0 Å². The summed E-state index contributed by atoms with van der Waals surface area (Å²) in [5.74, 6) is -3.00. The van der Waals surface area contributed by atoms with E-state index in [0.29, 0.717) is 12.7 Å². The fourth-order valence-electron chi connectivity index (χ4n) is 3.80. The van der Waals surface area contributed by atoms with Crippen LogP contribution >= 0.6 is 0 Å². The maximum atomic E-state index is 12.9. The lowest BCUT2D eigenvalue weighted by Crippen LogP contribution is -2.42. The van der Waals surface area contributed by atoms with Crippen LogP contribution in [-0.2, 0) is 32.5 Å².